The van der Waals surface area contributed by atoms with Crippen molar-refractivity contribution < 1.29 is 18.7 Å². The molecule has 0 radical (unpaired) electrons. The Morgan fingerprint density at radius 1 is 1.35 bits per heavy atom. The molecule has 1 atom stereocenters. The molecule has 3 rings (SSSR count). The molecule has 0 saturated heterocycles. The van der Waals surface area contributed by atoms with Crippen LogP contribution in [0.5, 0.6) is 0 Å². The van der Waals surface area contributed by atoms with Crippen molar-refractivity contribution in [1.82, 2.24) is 15.3 Å². The number of nitrogens with zero attached hydrogens (tertiary/aromatic N) is 1. The van der Waals surface area contributed by atoms with Crippen molar-refractivity contribution in [1.29, 1.82) is 0 Å². The minimum atomic E-state index is -1.07. The average Bonchev–Trinajstić information content (AvgIpc) is 3.12. The second kappa shape index (κ2) is 7.53. The zero-order valence-electron chi connectivity index (χ0n) is 13.8. The third-order valence-corrected chi connectivity index (χ3v) is 4.16. The number of hydrogen-bond acceptors (Lipinski definition) is 4. The number of fused-ring (bicyclic) bond motifs is 1. The molecule has 6 nitrogen and oxygen atoms in total. The Balaban J connectivity index is 1.87. The fourth-order valence-corrected chi connectivity index (χ4v) is 2.84. The normalized spacial score (nSPS) is 12.0. The van der Waals surface area contributed by atoms with E-state index in [0.29, 0.717) is 21.6 Å². The van der Waals surface area contributed by atoms with Gasteiger partial charge in [0.25, 0.3) is 5.91 Å². The number of rotatable bonds is 5. The van der Waals surface area contributed by atoms with Crippen LogP contribution in [0.3, 0.4) is 0 Å². The van der Waals surface area contributed by atoms with Crippen LogP contribution in [0.2, 0.25) is 5.02 Å². The predicted molar refractivity (Wildman–Crippen MR) is 94.5 cm³/mol. The van der Waals surface area contributed by atoms with E-state index in [4.69, 9.17) is 16.3 Å². The van der Waals surface area contributed by atoms with E-state index in [-0.39, 0.29) is 12.0 Å². The quantitative estimate of drug-likeness (QED) is 0.672. The Kier molecular flexibility index (Phi) is 5.18. The van der Waals surface area contributed by atoms with Gasteiger partial charge in [-0.3, -0.25) is 4.79 Å². The minimum Gasteiger partial charge on any atom is -0.467 e. The number of carbonyl (C=O) groups is 2. The van der Waals surface area contributed by atoms with Crippen molar-refractivity contribution in [3.63, 3.8) is 0 Å². The van der Waals surface area contributed by atoms with Crippen LogP contribution in [0.15, 0.2) is 42.7 Å². The average molecular weight is 376 g/mol. The second-order valence-corrected chi connectivity index (χ2v) is 6.02. The summed E-state index contributed by atoms with van der Waals surface area (Å²) in [6.45, 7) is 0. The molecule has 134 valence electrons. The molecule has 0 aliphatic rings. The first kappa shape index (κ1) is 17.9. The van der Waals surface area contributed by atoms with Gasteiger partial charge < -0.3 is 15.0 Å². The van der Waals surface area contributed by atoms with E-state index in [9.17, 15) is 14.0 Å². The highest BCUT2D eigenvalue weighted by Crippen LogP contribution is 2.18. The zero-order chi connectivity index (χ0) is 18.7. The largest absolute Gasteiger partial charge is 0.467 e. The highest BCUT2D eigenvalue weighted by Gasteiger charge is 2.25. The molecule has 0 unspecified atom stereocenters. The summed E-state index contributed by atoms with van der Waals surface area (Å²) in [4.78, 5) is 31.8. The van der Waals surface area contributed by atoms with Crippen LogP contribution in [0.25, 0.3) is 11.0 Å². The monoisotopic (exact) mass is 375 g/mol. The van der Waals surface area contributed by atoms with Gasteiger partial charge >= 0.3 is 5.97 Å². The number of halogens is 2. The molecule has 2 N–H and O–H groups in total. The number of H-pyrrole nitrogens is 1. The topological polar surface area (TPSA) is 84.1 Å². The molecule has 0 bridgehead atoms. The number of nitrogens with one attached hydrogen (secondary N) is 2. The molecule has 26 heavy (non-hydrogen) atoms. The first-order chi connectivity index (χ1) is 12.5. The molecule has 0 spiro atoms. The highest BCUT2D eigenvalue weighted by molar-refractivity contribution is 6.30. The molecule has 0 aliphatic heterocycles. The van der Waals surface area contributed by atoms with Gasteiger partial charge in [-0.15, -0.1) is 0 Å². The number of methoxy groups -OCH3 is 1. The van der Waals surface area contributed by atoms with Gasteiger partial charge in [0.15, 0.2) is 0 Å². The Bertz CT molecular complexity index is 973. The summed E-state index contributed by atoms with van der Waals surface area (Å²) >= 11 is 5.89. The van der Waals surface area contributed by atoms with Crippen molar-refractivity contribution in [2.24, 2.45) is 0 Å². The number of ether oxygens (including phenoxy) is 1. The van der Waals surface area contributed by atoms with E-state index in [1.54, 1.807) is 18.3 Å². The van der Waals surface area contributed by atoms with Gasteiger partial charge in [0.2, 0.25) is 0 Å². The summed E-state index contributed by atoms with van der Waals surface area (Å²) in [5.41, 5.74) is 1.10. The first-order valence-corrected chi connectivity index (χ1v) is 8.12. The van der Waals surface area contributed by atoms with Crippen molar-refractivity contribution in [3.8, 4) is 0 Å². The predicted octanol–water partition coefficient (Wildman–Crippen LogP) is 2.87. The zero-order valence-corrected chi connectivity index (χ0v) is 14.5. The van der Waals surface area contributed by atoms with E-state index < -0.39 is 23.7 Å². The van der Waals surface area contributed by atoms with Gasteiger partial charge in [0.1, 0.15) is 17.5 Å². The maximum Gasteiger partial charge on any atom is 0.328 e. The molecule has 0 saturated carbocycles. The molecule has 2 heterocycles. The fraction of sp³-hybridized carbons (Fsp3) is 0.167. The number of esters is 1. The molecule has 8 heteroatoms. The van der Waals surface area contributed by atoms with E-state index in [1.807, 2.05) is 0 Å². The van der Waals surface area contributed by atoms with Crippen LogP contribution >= 0.6 is 11.6 Å². The number of pyridine rings is 1. The lowest BCUT2D eigenvalue weighted by Crippen LogP contribution is -2.43. The number of aromatic nitrogens is 2. The van der Waals surface area contributed by atoms with E-state index >= 15 is 0 Å². The van der Waals surface area contributed by atoms with Gasteiger partial charge in [0.05, 0.1) is 12.7 Å². The number of amides is 1. The Labute approximate surface area is 153 Å². The van der Waals surface area contributed by atoms with Crippen LogP contribution in [-0.4, -0.2) is 35.0 Å². The maximum absolute atomic E-state index is 14.0. The summed E-state index contributed by atoms with van der Waals surface area (Å²) in [5.74, 6) is -1.69. The van der Waals surface area contributed by atoms with Gasteiger partial charge in [-0.25, -0.2) is 14.2 Å². The van der Waals surface area contributed by atoms with Gasteiger partial charge in [0, 0.05) is 29.2 Å². The molecular formula is C18H15ClFN3O3. The fourth-order valence-electron chi connectivity index (χ4n) is 2.65. The van der Waals surface area contributed by atoms with Crippen molar-refractivity contribution in [2.45, 2.75) is 12.5 Å². The van der Waals surface area contributed by atoms with Gasteiger partial charge in [-0.05, 0) is 35.9 Å². The Morgan fingerprint density at radius 2 is 2.15 bits per heavy atom. The van der Waals surface area contributed by atoms with E-state index in [1.165, 1.54) is 31.5 Å². The number of hydrogen-bond donors (Lipinski definition) is 2. The van der Waals surface area contributed by atoms with Crippen LogP contribution in [-0.2, 0) is 16.0 Å². The minimum absolute atomic E-state index is 0.0911. The summed E-state index contributed by atoms with van der Waals surface area (Å²) < 4.78 is 18.7. The number of aromatic amines is 1. The molecule has 1 amide bonds. The summed E-state index contributed by atoms with van der Waals surface area (Å²) in [5, 5.41) is 3.54. The van der Waals surface area contributed by atoms with Crippen LogP contribution in [0, 0.1) is 5.82 Å². The van der Waals surface area contributed by atoms with Crippen LogP contribution in [0.1, 0.15) is 15.9 Å². The lowest BCUT2D eigenvalue weighted by atomic mass is 10.0. The van der Waals surface area contributed by atoms with Crippen LogP contribution in [0.4, 0.5) is 4.39 Å². The van der Waals surface area contributed by atoms with Gasteiger partial charge in [-0.2, -0.15) is 0 Å². The second-order valence-electron chi connectivity index (χ2n) is 5.59. The maximum atomic E-state index is 14.0. The summed E-state index contributed by atoms with van der Waals surface area (Å²) in [6, 6.07) is 6.21. The molecule has 3 aromatic rings. The molecule has 0 aliphatic carbocycles. The standard InChI is InChI=1S/C18H15ClFN3O3/c1-26-18(25)15(9-10-8-11(19)2-3-14(10)20)23-17(24)13-5-7-22-16-12(13)4-6-21-16/h2-8,15H,9H2,1H3,(H,21,22)(H,23,24)/t15-/m0/s1. The van der Waals surface area contributed by atoms with E-state index in [0.717, 1.165) is 0 Å². The molecule has 1 aromatic carbocycles. The lowest BCUT2D eigenvalue weighted by molar-refractivity contribution is -0.142. The molecule has 2 aromatic heterocycles. The number of carbonyl (C=O) groups excluding carboxylic acids is 2. The van der Waals surface area contributed by atoms with E-state index in [2.05, 4.69) is 15.3 Å². The van der Waals surface area contributed by atoms with Gasteiger partial charge in [-0.1, -0.05) is 11.6 Å². The van der Waals surface area contributed by atoms with Crippen molar-refractivity contribution in [3.05, 3.63) is 64.7 Å². The van der Waals surface area contributed by atoms with Crippen molar-refractivity contribution in [2.75, 3.05) is 7.11 Å². The van der Waals surface area contributed by atoms with Crippen molar-refractivity contribution >= 4 is 34.5 Å². The summed E-state index contributed by atoms with van der Waals surface area (Å²) in [7, 11) is 1.20. The third kappa shape index (κ3) is 3.67. The third-order valence-electron chi connectivity index (χ3n) is 3.93. The SMILES string of the molecule is COC(=O)[C@H](Cc1cc(Cl)ccc1F)NC(=O)c1ccnc2[nH]ccc12. The molecule has 0 fully saturated rings. The highest BCUT2D eigenvalue weighted by atomic mass is 35.5. The molecular weight excluding hydrogens is 361 g/mol. The number of benzene rings is 1. The van der Waals surface area contributed by atoms with Crippen LogP contribution < -0.4 is 5.32 Å². The summed E-state index contributed by atoms with van der Waals surface area (Å²) in [6.07, 6.45) is 3.05. The smallest absolute Gasteiger partial charge is 0.328 e. The Hall–Kier alpha value is -2.93. The first-order valence-electron chi connectivity index (χ1n) is 7.74. The Morgan fingerprint density at radius 3 is 2.92 bits per heavy atom. The lowest BCUT2D eigenvalue weighted by Gasteiger charge is -2.17.